The predicted octanol–water partition coefficient (Wildman–Crippen LogP) is 1.85. The van der Waals surface area contributed by atoms with Crippen molar-refractivity contribution in [3.05, 3.63) is 48.5 Å². The Morgan fingerprint density at radius 3 is 1.08 bits per heavy atom. The Bertz CT molecular complexity index is 1400. The highest BCUT2D eigenvalue weighted by Crippen LogP contribution is 2.49. The molecule has 200 valence electrons. The lowest BCUT2D eigenvalue weighted by Gasteiger charge is -2.16. The predicted molar refractivity (Wildman–Crippen MR) is 133 cm³/mol. The van der Waals surface area contributed by atoms with E-state index in [2.05, 4.69) is 0 Å². The third-order valence-electron chi connectivity index (χ3n) is 9.25. The van der Waals surface area contributed by atoms with E-state index in [0.29, 0.717) is 37.1 Å². The number of ether oxygens (including phenoxy) is 2. The summed E-state index contributed by atoms with van der Waals surface area (Å²) in [5, 5.41) is 0. The van der Waals surface area contributed by atoms with Crippen molar-refractivity contribution in [1.29, 1.82) is 0 Å². The highest BCUT2D eigenvalue weighted by Gasteiger charge is 2.59. The highest BCUT2D eigenvalue weighted by atomic mass is 32.2. The van der Waals surface area contributed by atoms with Gasteiger partial charge < -0.3 is 9.47 Å². The zero-order chi connectivity index (χ0) is 26.8. The Kier molecular flexibility index (Phi) is 4.71. The van der Waals surface area contributed by atoms with Gasteiger partial charge >= 0.3 is 0 Å². The molecule has 2 saturated carbocycles. The van der Waals surface area contributed by atoms with E-state index in [1.54, 1.807) is 0 Å². The van der Waals surface area contributed by atoms with Crippen molar-refractivity contribution in [3.8, 4) is 0 Å². The number of rotatable bonds is 4. The lowest BCUT2D eigenvalue weighted by molar-refractivity contribution is -0.124. The van der Waals surface area contributed by atoms with E-state index in [4.69, 9.17) is 9.47 Å². The second-order valence-corrected chi connectivity index (χ2v) is 13.3. The lowest BCUT2D eigenvalue weighted by Crippen LogP contribution is -2.31. The fourth-order valence-electron chi connectivity index (χ4n) is 7.01. The van der Waals surface area contributed by atoms with Gasteiger partial charge in [-0.3, -0.25) is 29.0 Å². The summed E-state index contributed by atoms with van der Waals surface area (Å²) < 4.78 is 37.6. The molecule has 4 amide bonds. The van der Waals surface area contributed by atoms with Crippen molar-refractivity contribution in [2.75, 3.05) is 9.80 Å². The van der Waals surface area contributed by atoms with E-state index in [1.165, 1.54) is 58.3 Å². The van der Waals surface area contributed by atoms with Gasteiger partial charge in [0.05, 0.1) is 69.3 Å². The van der Waals surface area contributed by atoms with E-state index in [0.717, 1.165) is 0 Å². The molecule has 0 bridgehead atoms. The fourth-order valence-corrected chi connectivity index (χ4v) is 8.27. The first-order valence-corrected chi connectivity index (χ1v) is 14.7. The quantitative estimate of drug-likeness (QED) is 0.418. The zero-order valence-corrected chi connectivity index (χ0v) is 21.5. The first kappa shape index (κ1) is 23.5. The molecule has 8 atom stereocenters. The smallest absolute Gasteiger partial charge is 0.237 e. The summed E-state index contributed by atoms with van der Waals surface area (Å²) in [7, 11) is -3.93. The van der Waals surface area contributed by atoms with Gasteiger partial charge in [0.25, 0.3) is 0 Å². The van der Waals surface area contributed by atoms with Gasteiger partial charge in [0.2, 0.25) is 33.5 Å². The summed E-state index contributed by atoms with van der Waals surface area (Å²) in [5.41, 5.74) is 0.692. The van der Waals surface area contributed by atoms with Gasteiger partial charge in [-0.2, -0.15) is 0 Å². The molecule has 8 unspecified atom stereocenters. The van der Waals surface area contributed by atoms with Crippen LogP contribution in [0.5, 0.6) is 0 Å². The van der Waals surface area contributed by atoms with Gasteiger partial charge in [-0.25, -0.2) is 8.42 Å². The largest absolute Gasteiger partial charge is 0.370 e. The van der Waals surface area contributed by atoms with Crippen molar-refractivity contribution < 1.29 is 37.1 Å². The van der Waals surface area contributed by atoms with Crippen LogP contribution >= 0.6 is 0 Å². The van der Waals surface area contributed by atoms with Crippen LogP contribution in [0.2, 0.25) is 0 Å². The van der Waals surface area contributed by atoms with Gasteiger partial charge in [0, 0.05) is 0 Å². The third kappa shape index (κ3) is 3.36. The van der Waals surface area contributed by atoms with Crippen LogP contribution in [0.25, 0.3) is 0 Å². The molecule has 11 heteroatoms. The summed E-state index contributed by atoms with van der Waals surface area (Å²) in [5.74, 6) is -2.61. The Labute approximate surface area is 223 Å². The van der Waals surface area contributed by atoms with Crippen molar-refractivity contribution in [2.24, 2.45) is 23.7 Å². The summed E-state index contributed by atoms with van der Waals surface area (Å²) in [4.78, 5) is 54.3. The third-order valence-corrected chi connectivity index (χ3v) is 11.0. The number of hydrogen-bond donors (Lipinski definition) is 0. The van der Waals surface area contributed by atoms with E-state index in [-0.39, 0.29) is 81.5 Å². The molecule has 6 fully saturated rings. The molecule has 0 N–H and O–H groups in total. The summed E-state index contributed by atoms with van der Waals surface area (Å²) in [6.45, 7) is 0. The number of benzene rings is 2. The van der Waals surface area contributed by atoms with Crippen molar-refractivity contribution >= 4 is 44.8 Å². The molecular formula is C28H24N2O8S. The number of anilines is 2. The van der Waals surface area contributed by atoms with Gasteiger partial charge in [0.1, 0.15) is 0 Å². The monoisotopic (exact) mass is 548 g/mol. The number of fused-ring (bicyclic) bond motifs is 4. The van der Waals surface area contributed by atoms with Gasteiger partial charge in [-0.05, 0) is 74.2 Å². The highest BCUT2D eigenvalue weighted by molar-refractivity contribution is 7.91. The molecule has 0 aromatic heterocycles. The number of imide groups is 2. The maximum Gasteiger partial charge on any atom is 0.237 e. The summed E-state index contributed by atoms with van der Waals surface area (Å²) in [6, 6.07) is 11.4. The van der Waals surface area contributed by atoms with Crippen LogP contribution in [0.3, 0.4) is 0 Å². The van der Waals surface area contributed by atoms with Gasteiger partial charge in [-0.15, -0.1) is 0 Å². The normalized spacial score (nSPS) is 36.4. The Balaban J connectivity index is 1.02. The van der Waals surface area contributed by atoms with Gasteiger partial charge in [-0.1, -0.05) is 0 Å². The van der Waals surface area contributed by atoms with Crippen LogP contribution in [0, 0.1) is 23.7 Å². The number of amides is 4. The average Bonchev–Trinajstić information content (AvgIpc) is 3.84. The number of hydrogen-bond acceptors (Lipinski definition) is 8. The number of carbonyl (C=O) groups excluding carboxylic acids is 4. The van der Waals surface area contributed by atoms with Crippen molar-refractivity contribution in [3.63, 3.8) is 0 Å². The second-order valence-electron chi connectivity index (χ2n) is 11.3. The van der Waals surface area contributed by atoms with Gasteiger partial charge in [0.15, 0.2) is 0 Å². The Hall–Kier alpha value is -3.41. The molecule has 2 aliphatic carbocycles. The molecule has 2 aromatic carbocycles. The number of epoxide rings is 2. The minimum atomic E-state index is -3.93. The molecule has 10 nitrogen and oxygen atoms in total. The molecule has 39 heavy (non-hydrogen) atoms. The van der Waals surface area contributed by atoms with E-state index in [9.17, 15) is 27.6 Å². The first-order chi connectivity index (χ1) is 18.7. The van der Waals surface area contributed by atoms with Crippen LogP contribution < -0.4 is 9.80 Å². The van der Waals surface area contributed by atoms with Crippen molar-refractivity contribution in [2.45, 2.75) is 59.9 Å². The second kappa shape index (κ2) is 7.83. The average molecular weight is 549 g/mol. The van der Waals surface area contributed by atoms with Crippen LogP contribution in [0.1, 0.15) is 25.7 Å². The lowest BCUT2D eigenvalue weighted by atomic mass is 9.81. The first-order valence-electron chi connectivity index (χ1n) is 13.2. The SMILES string of the molecule is O=C1C2CC3OC3CC2C(=O)N1c1ccc(S(=O)(=O)c2ccc(N3C(=O)C4CC5OC5CC4C3=O)cc2)cc1. The van der Waals surface area contributed by atoms with Crippen LogP contribution in [0.4, 0.5) is 11.4 Å². The molecule has 2 aromatic rings. The standard InChI is InChI=1S/C28H24N2O8S/c31-25-17-9-21-22(37-21)10-18(17)26(32)29(25)13-1-5-15(6-2-13)39(35,36)16-7-3-14(4-8-16)30-27(33)19-11-23-24(38-23)12-20(19)28(30)34/h1-8,17-24H,9-12H2. The number of nitrogens with zero attached hydrogens (tertiary/aromatic N) is 2. The van der Waals surface area contributed by atoms with Crippen LogP contribution in [-0.4, -0.2) is 56.5 Å². The topological polar surface area (TPSA) is 134 Å². The van der Waals surface area contributed by atoms with E-state index < -0.39 is 9.84 Å². The summed E-state index contributed by atoms with van der Waals surface area (Å²) >= 11 is 0. The van der Waals surface area contributed by atoms with E-state index in [1.807, 2.05) is 0 Å². The fraction of sp³-hybridized carbons (Fsp3) is 0.429. The minimum Gasteiger partial charge on any atom is -0.370 e. The molecule has 4 saturated heterocycles. The maximum absolute atomic E-state index is 13.3. The molecule has 4 aliphatic heterocycles. The molecule has 0 radical (unpaired) electrons. The number of sulfone groups is 1. The molecule has 4 heterocycles. The molecular weight excluding hydrogens is 524 g/mol. The maximum atomic E-state index is 13.3. The molecule has 0 spiro atoms. The molecule has 8 rings (SSSR count). The Morgan fingerprint density at radius 2 is 0.795 bits per heavy atom. The van der Waals surface area contributed by atoms with Crippen LogP contribution in [-0.2, 0) is 38.5 Å². The Morgan fingerprint density at radius 1 is 0.513 bits per heavy atom. The number of carbonyl (C=O) groups is 4. The van der Waals surface area contributed by atoms with Crippen LogP contribution in [0.15, 0.2) is 58.3 Å². The minimum absolute atomic E-state index is 0.00345. The summed E-state index contributed by atoms with van der Waals surface area (Å²) in [6.07, 6.45) is 2.43. The zero-order valence-electron chi connectivity index (χ0n) is 20.6. The van der Waals surface area contributed by atoms with E-state index >= 15 is 0 Å². The molecule has 6 aliphatic rings. The van der Waals surface area contributed by atoms with Crippen molar-refractivity contribution in [1.82, 2.24) is 0 Å².